The van der Waals surface area contributed by atoms with Crippen LogP contribution in [0, 0.1) is 0 Å². The monoisotopic (exact) mass is 341 g/mol. The van der Waals surface area contributed by atoms with Crippen molar-refractivity contribution < 1.29 is 4.79 Å². The first-order valence-corrected chi connectivity index (χ1v) is 9.62. The molecule has 1 heterocycles. The summed E-state index contributed by atoms with van der Waals surface area (Å²) in [5.74, 6) is 0.300. The van der Waals surface area contributed by atoms with Crippen molar-refractivity contribution >= 4 is 34.3 Å². The molecule has 1 aromatic heterocycles. The van der Waals surface area contributed by atoms with Gasteiger partial charge < -0.3 is 0 Å². The number of benzene rings is 1. The van der Waals surface area contributed by atoms with Crippen LogP contribution in [0.25, 0.3) is 10.9 Å². The molecule has 0 radical (unpaired) electrons. The first-order chi connectivity index (χ1) is 11.8. The Labute approximate surface area is 147 Å². The van der Waals surface area contributed by atoms with E-state index in [-0.39, 0.29) is 5.91 Å². The summed E-state index contributed by atoms with van der Waals surface area (Å²) < 4.78 is 0. The van der Waals surface area contributed by atoms with Crippen LogP contribution in [0.2, 0.25) is 0 Å². The number of hydrogen-bond donors (Lipinski definition) is 1. The van der Waals surface area contributed by atoms with Crippen molar-refractivity contribution in [2.24, 2.45) is 5.10 Å². The Morgan fingerprint density at radius 3 is 2.67 bits per heavy atom. The Morgan fingerprint density at radius 2 is 1.83 bits per heavy atom. The van der Waals surface area contributed by atoms with Gasteiger partial charge in [-0.3, -0.25) is 9.78 Å². The summed E-state index contributed by atoms with van der Waals surface area (Å²) in [6.07, 6.45) is 10.1. The number of carbonyl (C=O) groups is 1. The lowest BCUT2D eigenvalue weighted by atomic mass is 9.99. The lowest BCUT2D eigenvalue weighted by Gasteiger charge is -2.11. The molecule has 126 valence electrons. The third-order valence-corrected chi connectivity index (χ3v) is 5.27. The number of nitrogens with one attached hydrogen (secondary N) is 1. The average Bonchev–Trinajstić information content (AvgIpc) is 2.59. The highest BCUT2D eigenvalue weighted by Gasteiger charge is 2.08. The molecule has 5 heteroatoms. The van der Waals surface area contributed by atoms with Gasteiger partial charge in [-0.25, -0.2) is 5.43 Å². The summed E-state index contributed by atoms with van der Waals surface area (Å²) in [5.41, 5.74) is 4.81. The van der Waals surface area contributed by atoms with Crippen molar-refractivity contribution in [3.63, 3.8) is 0 Å². The van der Waals surface area contributed by atoms with Crippen molar-refractivity contribution in [2.75, 3.05) is 5.75 Å². The van der Waals surface area contributed by atoms with E-state index in [1.54, 1.807) is 6.20 Å². The van der Waals surface area contributed by atoms with E-state index in [4.69, 9.17) is 0 Å². The van der Waals surface area contributed by atoms with Crippen LogP contribution in [0.3, 0.4) is 0 Å². The molecular weight excluding hydrogens is 318 g/mol. The third kappa shape index (κ3) is 4.81. The van der Waals surface area contributed by atoms with Gasteiger partial charge in [0.05, 0.1) is 11.3 Å². The molecule has 0 atom stereocenters. The zero-order chi connectivity index (χ0) is 16.6. The van der Waals surface area contributed by atoms with Crippen molar-refractivity contribution in [1.29, 1.82) is 0 Å². The van der Waals surface area contributed by atoms with Gasteiger partial charge in [-0.1, -0.05) is 37.5 Å². The van der Waals surface area contributed by atoms with E-state index in [9.17, 15) is 4.79 Å². The lowest BCUT2D eigenvalue weighted by Crippen LogP contribution is -2.21. The zero-order valence-corrected chi connectivity index (χ0v) is 14.6. The molecular formula is C19H23N3OS. The van der Waals surface area contributed by atoms with Crippen LogP contribution in [-0.4, -0.2) is 22.4 Å². The SMILES string of the molecule is O=C(CSc1cccc2cccnc12)NN=C1CCCCCCC1. The number of carbonyl (C=O) groups excluding carboxylic acids is 1. The minimum atomic E-state index is -0.0532. The Morgan fingerprint density at radius 1 is 1.08 bits per heavy atom. The van der Waals surface area contributed by atoms with E-state index in [0.29, 0.717) is 5.75 Å². The maximum absolute atomic E-state index is 12.1. The topological polar surface area (TPSA) is 54.4 Å². The summed E-state index contributed by atoms with van der Waals surface area (Å²) >= 11 is 1.51. The van der Waals surface area contributed by atoms with Gasteiger partial charge >= 0.3 is 0 Å². The fourth-order valence-electron chi connectivity index (χ4n) is 2.93. The predicted molar refractivity (Wildman–Crippen MR) is 100 cm³/mol. The van der Waals surface area contributed by atoms with E-state index in [1.165, 1.54) is 43.9 Å². The Hall–Kier alpha value is -1.88. The molecule has 24 heavy (non-hydrogen) atoms. The number of rotatable bonds is 4. The summed E-state index contributed by atoms with van der Waals surface area (Å²) in [6.45, 7) is 0. The normalized spacial score (nSPS) is 15.6. The first-order valence-electron chi connectivity index (χ1n) is 8.64. The molecule has 1 amide bonds. The van der Waals surface area contributed by atoms with Gasteiger partial charge in [0.15, 0.2) is 0 Å². The molecule has 0 aliphatic heterocycles. The second-order valence-corrected chi connectivity index (χ2v) is 7.12. The zero-order valence-electron chi connectivity index (χ0n) is 13.8. The molecule has 1 N–H and O–H groups in total. The largest absolute Gasteiger partial charge is 0.272 e. The molecule has 0 spiro atoms. The van der Waals surface area contributed by atoms with Crippen LogP contribution in [-0.2, 0) is 4.79 Å². The number of fused-ring (bicyclic) bond motifs is 1. The molecule has 1 aromatic carbocycles. The lowest BCUT2D eigenvalue weighted by molar-refractivity contribution is -0.118. The van der Waals surface area contributed by atoms with E-state index in [0.717, 1.165) is 34.4 Å². The predicted octanol–water partition coefficient (Wildman–Crippen LogP) is 4.54. The van der Waals surface area contributed by atoms with Crippen LogP contribution in [0.5, 0.6) is 0 Å². The molecule has 0 bridgehead atoms. The van der Waals surface area contributed by atoms with Gasteiger partial charge in [0, 0.05) is 22.2 Å². The second kappa shape index (κ2) is 8.83. The molecule has 0 unspecified atom stereocenters. The van der Waals surface area contributed by atoms with Crippen molar-refractivity contribution in [1.82, 2.24) is 10.4 Å². The van der Waals surface area contributed by atoms with Gasteiger partial charge in [-0.2, -0.15) is 5.10 Å². The molecule has 2 aromatic rings. The number of pyridine rings is 1. The molecule has 1 aliphatic rings. The summed E-state index contributed by atoms with van der Waals surface area (Å²) in [4.78, 5) is 17.5. The van der Waals surface area contributed by atoms with Crippen LogP contribution in [0.15, 0.2) is 46.5 Å². The second-order valence-electron chi connectivity index (χ2n) is 6.10. The van der Waals surface area contributed by atoms with Crippen LogP contribution < -0.4 is 5.43 Å². The van der Waals surface area contributed by atoms with Crippen molar-refractivity contribution in [3.8, 4) is 0 Å². The molecule has 1 aliphatic carbocycles. The fraction of sp³-hybridized carbons (Fsp3) is 0.421. The average molecular weight is 341 g/mol. The highest BCUT2D eigenvalue weighted by atomic mass is 32.2. The quantitative estimate of drug-likeness (QED) is 0.656. The Bertz CT molecular complexity index is 714. The molecule has 1 fully saturated rings. The van der Waals surface area contributed by atoms with Gasteiger partial charge in [0.25, 0.3) is 0 Å². The minimum absolute atomic E-state index is 0.0532. The third-order valence-electron chi connectivity index (χ3n) is 4.22. The number of hydrazone groups is 1. The van der Waals surface area contributed by atoms with Crippen molar-refractivity contribution in [2.45, 2.75) is 49.8 Å². The van der Waals surface area contributed by atoms with Crippen molar-refractivity contribution in [3.05, 3.63) is 36.5 Å². The summed E-state index contributed by atoms with van der Waals surface area (Å²) in [7, 11) is 0. The summed E-state index contributed by atoms with van der Waals surface area (Å²) in [6, 6.07) is 10.0. The molecule has 3 rings (SSSR count). The Balaban J connectivity index is 1.55. The van der Waals surface area contributed by atoms with Gasteiger partial charge in [0.2, 0.25) is 5.91 Å². The molecule has 4 nitrogen and oxygen atoms in total. The number of hydrogen-bond acceptors (Lipinski definition) is 4. The number of para-hydroxylation sites is 1. The number of amides is 1. The van der Waals surface area contributed by atoms with E-state index in [2.05, 4.69) is 15.5 Å². The van der Waals surface area contributed by atoms with E-state index >= 15 is 0 Å². The number of thioether (sulfide) groups is 1. The maximum atomic E-state index is 12.1. The Kier molecular flexibility index (Phi) is 6.24. The maximum Gasteiger partial charge on any atom is 0.250 e. The minimum Gasteiger partial charge on any atom is -0.272 e. The highest BCUT2D eigenvalue weighted by Crippen LogP contribution is 2.25. The fourth-order valence-corrected chi connectivity index (χ4v) is 3.77. The molecule has 0 saturated heterocycles. The summed E-state index contributed by atoms with van der Waals surface area (Å²) in [5, 5.41) is 5.44. The smallest absolute Gasteiger partial charge is 0.250 e. The van der Waals surface area contributed by atoms with E-state index in [1.807, 2.05) is 30.3 Å². The van der Waals surface area contributed by atoms with Crippen LogP contribution in [0.1, 0.15) is 44.9 Å². The van der Waals surface area contributed by atoms with Gasteiger partial charge in [-0.15, -0.1) is 11.8 Å². The van der Waals surface area contributed by atoms with Crippen LogP contribution >= 0.6 is 11.8 Å². The van der Waals surface area contributed by atoms with Crippen LogP contribution in [0.4, 0.5) is 0 Å². The van der Waals surface area contributed by atoms with Gasteiger partial charge in [-0.05, 0) is 37.8 Å². The number of aromatic nitrogens is 1. The first kappa shape index (κ1) is 17.0. The standard InChI is InChI=1S/C19H23N3OS/c23-18(22-21-16-10-4-2-1-3-5-11-16)14-24-17-12-6-8-15-9-7-13-20-19(15)17/h6-9,12-13H,1-5,10-11,14H2,(H,22,23). The van der Waals surface area contributed by atoms with E-state index < -0.39 is 0 Å². The van der Waals surface area contributed by atoms with Gasteiger partial charge in [0.1, 0.15) is 0 Å². The highest BCUT2D eigenvalue weighted by molar-refractivity contribution is 8.00. The number of nitrogens with zero attached hydrogens (tertiary/aromatic N) is 2. The molecule has 1 saturated carbocycles.